The van der Waals surface area contributed by atoms with Gasteiger partial charge in [-0.15, -0.1) is 13.2 Å². The van der Waals surface area contributed by atoms with Gasteiger partial charge in [0.1, 0.15) is 5.75 Å². The van der Waals surface area contributed by atoms with Crippen molar-refractivity contribution < 1.29 is 27.8 Å². The van der Waals surface area contributed by atoms with E-state index in [4.69, 9.17) is 10.1 Å². The molecule has 0 saturated heterocycles. The highest BCUT2D eigenvalue weighted by Crippen LogP contribution is 2.46. The van der Waals surface area contributed by atoms with Gasteiger partial charge in [0, 0.05) is 17.4 Å². The molecule has 1 amide bonds. The molecule has 182 valence electrons. The zero-order chi connectivity index (χ0) is 24.7. The first-order valence-electron chi connectivity index (χ1n) is 11.0. The number of nitrogens with zero attached hydrogens (tertiary/aromatic N) is 2. The van der Waals surface area contributed by atoms with Crippen molar-refractivity contribution in [1.82, 2.24) is 9.55 Å². The van der Waals surface area contributed by atoms with Crippen LogP contribution in [0, 0.1) is 11.3 Å². The summed E-state index contributed by atoms with van der Waals surface area (Å²) in [4.78, 5) is 15.8. The summed E-state index contributed by atoms with van der Waals surface area (Å²) in [5, 5.41) is 14.6. The Morgan fingerprint density at radius 3 is 2.44 bits per heavy atom. The number of imidazole rings is 1. The van der Waals surface area contributed by atoms with Gasteiger partial charge in [-0.25, -0.2) is 9.78 Å². The summed E-state index contributed by atoms with van der Waals surface area (Å²) in [6, 6.07) is 10.8. The van der Waals surface area contributed by atoms with Crippen LogP contribution < -0.4 is 15.4 Å². The third-order valence-corrected chi connectivity index (χ3v) is 6.01. The first kappa shape index (κ1) is 23.7. The van der Waals surface area contributed by atoms with Gasteiger partial charge in [-0.1, -0.05) is 20.8 Å². The van der Waals surface area contributed by atoms with Gasteiger partial charge in [-0.05, 0) is 73.1 Å². The van der Waals surface area contributed by atoms with Gasteiger partial charge in [0.05, 0.1) is 11.0 Å². The van der Waals surface area contributed by atoms with E-state index in [1.165, 1.54) is 24.3 Å². The van der Waals surface area contributed by atoms with Gasteiger partial charge in [-0.2, -0.15) is 0 Å². The van der Waals surface area contributed by atoms with Crippen molar-refractivity contribution in [3.05, 3.63) is 42.5 Å². The Kier molecular flexibility index (Phi) is 6.09. The highest BCUT2D eigenvalue weighted by molar-refractivity contribution is 5.89. The molecule has 0 spiro atoms. The van der Waals surface area contributed by atoms with Crippen LogP contribution in [0.5, 0.6) is 5.75 Å². The topological polar surface area (TPSA) is 88.4 Å². The molecule has 0 radical (unpaired) electrons. The maximum atomic E-state index is 12.5. The standard InChI is InChI=1S/C24H27F3N4O3/c1-14-10-17(13-23(2,3)12-14)31-20-9-6-16(29-22(32)33)11-19(20)30-21(31)28-15-4-7-18(8-5-15)34-24(25,26)27/h4-9,11,14,17,29H,10,12-13H2,1-3H3,(H,28,30)(H,32,33). The van der Waals surface area contributed by atoms with Crippen LogP contribution in [0.4, 0.5) is 35.3 Å². The third kappa shape index (κ3) is 5.55. The zero-order valence-corrected chi connectivity index (χ0v) is 19.1. The minimum atomic E-state index is -4.75. The predicted octanol–water partition coefficient (Wildman–Crippen LogP) is 7.16. The summed E-state index contributed by atoms with van der Waals surface area (Å²) < 4.78 is 43.5. The first-order chi connectivity index (χ1) is 15.9. The second-order valence-electron chi connectivity index (χ2n) is 9.70. The largest absolute Gasteiger partial charge is 0.573 e. The van der Waals surface area contributed by atoms with Crippen LogP contribution in [0.25, 0.3) is 11.0 Å². The SMILES string of the molecule is CC1CC(n2c(Nc3ccc(OC(F)(F)F)cc3)nc3cc(NC(=O)O)ccc32)CC(C)(C)C1. The predicted molar refractivity (Wildman–Crippen MR) is 124 cm³/mol. The van der Waals surface area contributed by atoms with Crippen LogP contribution >= 0.6 is 0 Å². The lowest BCUT2D eigenvalue weighted by atomic mass is 9.70. The number of fused-ring (bicyclic) bond motifs is 1. The maximum absolute atomic E-state index is 12.5. The van der Waals surface area contributed by atoms with E-state index in [2.05, 4.69) is 40.7 Å². The number of benzene rings is 2. The summed E-state index contributed by atoms with van der Waals surface area (Å²) in [6.45, 7) is 6.72. The highest BCUT2D eigenvalue weighted by Gasteiger charge is 2.35. The lowest BCUT2D eigenvalue weighted by molar-refractivity contribution is -0.274. The van der Waals surface area contributed by atoms with Crippen molar-refractivity contribution in [1.29, 1.82) is 0 Å². The number of aromatic nitrogens is 2. The number of halogens is 3. The molecule has 1 heterocycles. The van der Waals surface area contributed by atoms with E-state index < -0.39 is 12.5 Å². The molecule has 7 nitrogen and oxygen atoms in total. The van der Waals surface area contributed by atoms with Gasteiger partial charge < -0.3 is 19.7 Å². The monoisotopic (exact) mass is 476 g/mol. The Bertz CT molecular complexity index is 1190. The number of nitrogens with one attached hydrogen (secondary N) is 2. The van der Waals surface area contributed by atoms with Crippen LogP contribution in [-0.2, 0) is 0 Å². The minimum absolute atomic E-state index is 0.136. The number of alkyl halides is 3. The normalized spacial score (nSPS) is 20.2. The molecule has 3 aromatic rings. The molecule has 2 unspecified atom stereocenters. The van der Waals surface area contributed by atoms with Crippen molar-refractivity contribution in [2.75, 3.05) is 10.6 Å². The fraction of sp³-hybridized carbons (Fsp3) is 0.417. The molecule has 1 saturated carbocycles. The van der Waals surface area contributed by atoms with Gasteiger partial charge in [0.25, 0.3) is 0 Å². The van der Waals surface area contributed by atoms with E-state index in [-0.39, 0.29) is 17.2 Å². The van der Waals surface area contributed by atoms with Crippen molar-refractivity contribution in [3.63, 3.8) is 0 Å². The summed E-state index contributed by atoms with van der Waals surface area (Å²) in [7, 11) is 0. The number of rotatable bonds is 5. The lowest BCUT2D eigenvalue weighted by Gasteiger charge is -2.40. The first-order valence-corrected chi connectivity index (χ1v) is 11.0. The van der Waals surface area contributed by atoms with Crippen LogP contribution in [0.1, 0.15) is 46.1 Å². The molecule has 1 aromatic heterocycles. The molecule has 34 heavy (non-hydrogen) atoms. The molecule has 1 fully saturated rings. The lowest BCUT2D eigenvalue weighted by Crippen LogP contribution is -2.29. The van der Waals surface area contributed by atoms with Crippen LogP contribution in [0.3, 0.4) is 0 Å². The molecule has 0 aliphatic heterocycles. The third-order valence-electron chi connectivity index (χ3n) is 6.01. The number of anilines is 3. The Hall–Kier alpha value is -3.43. The second kappa shape index (κ2) is 8.73. The van der Waals surface area contributed by atoms with Crippen LogP contribution in [0.15, 0.2) is 42.5 Å². The molecule has 4 rings (SSSR count). The smallest absolute Gasteiger partial charge is 0.465 e. The molecule has 2 atom stereocenters. The Morgan fingerprint density at radius 1 is 1.15 bits per heavy atom. The van der Waals surface area contributed by atoms with Crippen LogP contribution in [-0.4, -0.2) is 27.1 Å². The quantitative estimate of drug-likeness (QED) is 0.364. The summed E-state index contributed by atoms with van der Waals surface area (Å²) in [6.07, 6.45) is -2.91. The molecular formula is C24H27F3N4O3. The number of hydrogen-bond acceptors (Lipinski definition) is 4. The number of hydrogen-bond donors (Lipinski definition) is 3. The average Bonchev–Trinajstić information content (AvgIpc) is 3.03. The van der Waals surface area contributed by atoms with Crippen molar-refractivity contribution in [2.24, 2.45) is 11.3 Å². The Morgan fingerprint density at radius 2 is 1.82 bits per heavy atom. The van der Waals surface area contributed by atoms with Gasteiger partial charge in [-0.3, -0.25) is 5.32 Å². The molecule has 1 aliphatic carbocycles. The maximum Gasteiger partial charge on any atom is 0.573 e. The summed E-state index contributed by atoms with van der Waals surface area (Å²) in [5.74, 6) is 0.742. The molecule has 2 aromatic carbocycles. The van der Waals surface area contributed by atoms with E-state index in [0.29, 0.717) is 28.8 Å². The van der Waals surface area contributed by atoms with E-state index in [0.717, 1.165) is 24.8 Å². The fourth-order valence-corrected chi connectivity index (χ4v) is 5.12. The van der Waals surface area contributed by atoms with Crippen molar-refractivity contribution in [3.8, 4) is 5.75 Å². The van der Waals surface area contributed by atoms with E-state index >= 15 is 0 Å². The van der Waals surface area contributed by atoms with E-state index in [1.54, 1.807) is 12.1 Å². The molecule has 10 heteroatoms. The number of ether oxygens (including phenoxy) is 1. The number of carbonyl (C=O) groups is 1. The zero-order valence-electron chi connectivity index (χ0n) is 19.1. The molecular weight excluding hydrogens is 449 g/mol. The Labute approximate surface area is 194 Å². The summed E-state index contributed by atoms with van der Waals surface area (Å²) >= 11 is 0. The van der Waals surface area contributed by atoms with E-state index in [9.17, 15) is 18.0 Å². The van der Waals surface area contributed by atoms with Gasteiger partial charge >= 0.3 is 12.5 Å². The fourth-order valence-electron chi connectivity index (χ4n) is 5.12. The Balaban J connectivity index is 1.72. The highest BCUT2D eigenvalue weighted by atomic mass is 19.4. The van der Waals surface area contributed by atoms with Crippen molar-refractivity contribution >= 4 is 34.4 Å². The van der Waals surface area contributed by atoms with Crippen molar-refractivity contribution in [2.45, 2.75) is 52.4 Å². The van der Waals surface area contributed by atoms with E-state index in [1.807, 2.05) is 6.07 Å². The van der Waals surface area contributed by atoms with Crippen LogP contribution in [0.2, 0.25) is 0 Å². The number of carboxylic acid groups (broad SMARTS) is 1. The molecule has 3 N–H and O–H groups in total. The summed E-state index contributed by atoms with van der Waals surface area (Å²) in [5.41, 5.74) is 2.56. The molecule has 0 bridgehead atoms. The minimum Gasteiger partial charge on any atom is -0.465 e. The average molecular weight is 476 g/mol. The molecule has 1 aliphatic rings. The van der Waals surface area contributed by atoms with Gasteiger partial charge in [0.15, 0.2) is 0 Å². The number of amides is 1. The van der Waals surface area contributed by atoms with Gasteiger partial charge in [0.2, 0.25) is 5.95 Å². The second-order valence-corrected chi connectivity index (χ2v) is 9.70.